The summed E-state index contributed by atoms with van der Waals surface area (Å²) in [7, 11) is 0. The molecule has 1 saturated heterocycles. The third-order valence-corrected chi connectivity index (χ3v) is 7.38. The Bertz CT molecular complexity index is 1320. The van der Waals surface area contributed by atoms with Gasteiger partial charge < -0.3 is 20.1 Å². The SMILES string of the molecule is CC[C@H](C)[C@@H]1C(=O)O[C@H]1C(=O)N[C@@H](Cc1ccccc1)C(=O)N[C@@H](Cc1ccccc1)C(=O)OCc1ccccc1. The molecule has 3 aromatic carbocycles. The minimum Gasteiger partial charge on any atom is -0.459 e. The van der Waals surface area contributed by atoms with Crippen molar-refractivity contribution in [2.24, 2.45) is 11.8 Å². The van der Waals surface area contributed by atoms with Gasteiger partial charge in [-0.3, -0.25) is 14.4 Å². The van der Waals surface area contributed by atoms with Crippen LogP contribution in [-0.4, -0.2) is 41.9 Å². The molecule has 214 valence electrons. The van der Waals surface area contributed by atoms with Crippen LogP contribution in [0.4, 0.5) is 0 Å². The molecule has 0 aromatic heterocycles. The number of amides is 2. The van der Waals surface area contributed by atoms with Gasteiger partial charge in [0.1, 0.15) is 24.6 Å². The predicted octanol–water partition coefficient (Wildman–Crippen LogP) is 3.77. The normalized spacial score (nSPS) is 18.1. The zero-order chi connectivity index (χ0) is 29.2. The van der Waals surface area contributed by atoms with Gasteiger partial charge in [-0.1, -0.05) is 111 Å². The highest BCUT2D eigenvalue weighted by atomic mass is 16.6. The molecule has 0 bridgehead atoms. The first-order valence-electron chi connectivity index (χ1n) is 13.9. The van der Waals surface area contributed by atoms with Gasteiger partial charge in [0, 0.05) is 12.8 Å². The molecule has 0 radical (unpaired) electrons. The van der Waals surface area contributed by atoms with E-state index in [4.69, 9.17) is 9.47 Å². The largest absolute Gasteiger partial charge is 0.459 e. The standard InChI is InChI=1S/C33H36N2O6/c1-3-22(2)28-29(41-33(28)39)31(37)34-26(19-23-13-7-4-8-14-23)30(36)35-27(20-24-15-9-5-10-16-24)32(38)40-21-25-17-11-6-12-18-25/h4-18,22,26-29H,3,19-21H2,1-2H3,(H,34,37)(H,35,36)/t22-,26-,27-,28-,29+/m0/s1. The Morgan fingerprint density at radius 3 is 1.80 bits per heavy atom. The minimum atomic E-state index is -1.01. The molecule has 2 N–H and O–H groups in total. The highest BCUT2D eigenvalue weighted by Gasteiger charge is 2.50. The number of benzene rings is 3. The summed E-state index contributed by atoms with van der Waals surface area (Å²) in [5.41, 5.74) is 2.49. The van der Waals surface area contributed by atoms with Crippen molar-refractivity contribution in [1.29, 1.82) is 0 Å². The molecule has 2 amide bonds. The lowest BCUT2D eigenvalue weighted by molar-refractivity contribution is -0.193. The Labute approximate surface area is 240 Å². The third kappa shape index (κ3) is 8.03. The number of esters is 2. The van der Waals surface area contributed by atoms with Gasteiger partial charge in [0.15, 0.2) is 6.10 Å². The predicted molar refractivity (Wildman–Crippen MR) is 153 cm³/mol. The van der Waals surface area contributed by atoms with Crippen LogP contribution < -0.4 is 10.6 Å². The summed E-state index contributed by atoms with van der Waals surface area (Å²) in [6.07, 6.45) is 0.149. The Morgan fingerprint density at radius 1 is 0.780 bits per heavy atom. The zero-order valence-electron chi connectivity index (χ0n) is 23.3. The van der Waals surface area contributed by atoms with Gasteiger partial charge in [0.05, 0.1) is 0 Å². The molecule has 1 aliphatic rings. The second-order valence-corrected chi connectivity index (χ2v) is 10.4. The average Bonchev–Trinajstić information content (AvgIpc) is 2.99. The van der Waals surface area contributed by atoms with Crippen LogP contribution in [0.5, 0.6) is 0 Å². The van der Waals surface area contributed by atoms with E-state index in [0.29, 0.717) is 6.42 Å². The van der Waals surface area contributed by atoms with Gasteiger partial charge in [-0.15, -0.1) is 0 Å². The molecule has 1 fully saturated rings. The maximum absolute atomic E-state index is 13.7. The fourth-order valence-corrected chi connectivity index (χ4v) is 4.79. The second-order valence-electron chi connectivity index (χ2n) is 10.4. The number of nitrogens with one attached hydrogen (secondary N) is 2. The molecule has 3 aromatic rings. The molecule has 1 aliphatic heterocycles. The van der Waals surface area contributed by atoms with Gasteiger partial charge in [-0.25, -0.2) is 4.79 Å². The summed E-state index contributed by atoms with van der Waals surface area (Å²) in [6, 6.07) is 25.9. The Kier molecular flexibility index (Phi) is 10.3. The number of rotatable bonds is 13. The Morgan fingerprint density at radius 2 is 1.29 bits per heavy atom. The van der Waals surface area contributed by atoms with Crippen LogP contribution in [0.15, 0.2) is 91.0 Å². The van der Waals surface area contributed by atoms with E-state index in [-0.39, 0.29) is 25.4 Å². The van der Waals surface area contributed by atoms with E-state index >= 15 is 0 Å². The smallest absolute Gasteiger partial charge is 0.329 e. The monoisotopic (exact) mass is 556 g/mol. The van der Waals surface area contributed by atoms with E-state index in [0.717, 1.165) is 16.7 Å². The van der Waals surface area contributed by atoms with Crippen LogP contribution in [0.3, 0.4) is 0 Å². The lowest BCUT2D eigenvalue weighted by atomic mass is 9.82. The lowest BCUT2D eigenvalue weighted by Gasteiger charge is -2.38. The van der Waals surface area contributed by atoms with Crippen molar-refractivity contribution in [2.45, 2.75) is 57.9 Å². The summed E-state index contributed by atoms with van der Waals surface area (Å²) in [5, 5.41) is 5.60. The molecule has 8 nitrogen and oxygen atoms in total. The van der Waals surface area contributed by atoms with Crippen molar-refractivity contribution < 1.29 is 28.7 Å². The number of hydrogen-bond donors (Lipinski definition) is 2. The van der Waals surface area contributed by atoms with Gasteiger partial charge in [0.2, 0.25) is 5.91 Å². The number of carbonyl (C=O) groups excluding carboxylic acids is 4. The first-order chi connectivity index (χ1) is 19.9. The van der Waals surface area contributed by atoms with Crippen molar-refractivity contribution in [1.82, 2.24) is 10.6 Å². The third-order valence-electron chi connectivity index (χ3n) is 7.38. The van der Waals surface area contributed by atoms with Crippen molar-refractivity contribution in [3.63, 3.8) is 0 Å². The van der Waals surface area contributed by atoms with Crippen LogP contribution in [0.2, 0.25) is 0 Å². The highest BCUT2D eigenvalue weighted by molar-refractivity contribution is 5.97. The van der Waals surface area contributed by atoms with E-state index in [1.54, 1.807) is 0 Å². The van der Waals surface area contributed by atoms with E-state index in [9.17, 15) is 19.2 Å². The maximum atomic E-state index is 13.7. The number of ether oxygens (including phenoxy) is 2. The zero-order valence-corrected chi connectivity index (χ0v) is 23.3. The van der Waals surface area contributed by atoms with Gasteiger partial charge in [0.25, 0.3) is 5.91 Å². The average molecular weight is 557 g/mol. The molecule has 4 rings (SSSR count). The van der Waals surface area contributed by atoms with Crippen LogP contribution in [0.1, 0.15) is 37.0 Å². The molecular weight excluding hydrogens is 520 g/mol. The van der Waals surface area contributed by atoms with E-state index in [1.165, 1.54) is 0 Å². The minimum absolute atomic E-state index is 0.0389. The van der Waals surface area contributed by atoms with Crippen molar-refractivity contribution in [3.05, 3.63) is 108 Å². The van der Waals surface area contributed by atoms with Gasteiger partial charge >= 0.3 is 11.9 Å². The van der Waals surface area contributed by atoms with Crippen LogP contribution >= 0.6 is 0 Å². The molecule has 1 heterocycles. The van der Waals surface area contributed by atoms with Crippen LogP contribution in [-0.2, 0) is 48.1 Å². The van der Waals surface area contributed by atoms with Crippen LogP contribution in [0.25, 0.3) is 0 Å². The number of carbonyl (C=O) groups is 4. The first kappa shape index (κ1) is 29.5. The maximum Gasteiger partial charge on any atom is 0.329 e. The van der Waals surface area contributed by atoms with Crippen molar-refractivity contribution in [2.75, 3.05) is 0 Å². The van der Waals surface area contributed by atoms with Crippen molar-refractivity contribution in [3.8, 4) is 0 Å². The Balaban J connectivity index is 1.51. The molecule has 0 saturated carbocycles. The van der Waals surface area contributed by atoms with Crippen LogP contribution in [0, 0.1) is 11.8 Å². The van der Waals surface area contributed by atoms with Gasteiger partial charge in [-0.05, 0) is 22.6 Å². The molecule has 0 unspecified atom stereocenters. The van der Waals surface area contributed by atoms with E-state index < -0.39 is 47.9 Å². The topological polar surface area (TPSA) is 111 Å². The summed E-state index contributed by atoms with van der Waals surface area (Å²) >= 11 is 0. The van der Waals surface area contributed by atoms with Gasteiger partial charge in [-0.2, -0.15) is 0 Å². The fraction of sp³-hybridized carbons (Fsp3) is 0.333. The number of cyclic esters (lactones) is 1. The molecule has 41 heavy (non-hydrogen) atoms. The number of hydrogen-bond acceptors (Lipinski definition) is 6. The Hall–Kier alpha value is -4.46. The molecule has 8 heteroatoms. The summed E-state index contributed by atoms with van der Waals surface area (Å²) in [4.78, 5) is 52.2. The summed E-state index contributed by atoms with van der Waals surface area (Å²) in [5.74, 6) is -2.65. The molecule has 5 atom stereocenters. The highest BCUT2D eigenvalue weighted by Crippen LogP contribution is 2.31. The molecular formula is C33H36N2O6. The molecule has 0 aliphatic carbocycles. The second kappa shape index (κ2) is 14.3. The van der Waals surface area contributed by atoms with E-state index in [2.05, 4.69) is 10.6 Å². The summed E-state index contributed by atoms with van der Waals surface area (Å²) < 4.78 is 10.8. The fourth-order valence-electron chi connectivity index (χ4n) is 4.79. The van der Waals surface area contributed by atoms with Crippen molar-refractivity contribution >= 4 is 23.8 Å². The first-order valence-corrected chi connectivity index (χ1v) is 13.9. The molecule has 0 spiro atoms. The summed E-state index contributed by atoms with van der Waals surface area (Å²) in [6.45, 7) is 3.91. The quantitative estimate of drug-likeness (QED) is 0.310. The lowest BCUT2D eigenvalue weighted by Crippen LogP contribution is -2.60. The van der Waals surface area contributed by atoms with E-state index in [1.807, 2.05) is 105 Å².